The van der Waals surface area contributed by atoms with Gasteiger partial charge in [-0.3, -0.25) is 4.79 Å². The lowest BCUT2D eigenvalue weighted by atomic mass is 10.2. The summed E-state index contributed by atoms with van der Waals surface area (Å²) in [5.41, 5.74) is 0.805. The number of carbonyl (C=O) groups is 1. The molecule has 1 aromatic carbocycles. The highest BCUT2D eigenvalue weighted by Gasteiger charge is 2.14. The monoisotopic (exact) mass is 380 g/mol. The second kappa shape index (κ2) is 7.96. The van der Waals surface area contributed by atoms with Crippen molar-refractivity contribution in [1.29, 1.82) is 5.26 Å². The first kappa shape index (κ1) is 16.5. The van der Waals surface area contributed by atoms with E-state index in [2.05, 4.69) is 26.1 Å². The summed E-state index contributed by atoms with van der Waals surface area (Å²) in [5.74, 6) is 0.514. The second-order valence-corrected chi connectivity index (χ2v) is 6.15. The first-order chi connectivity index (χ1) is 10.6. The summed E-state index contributed by atoms with van der Waals surface area (Å²) in [6.45, 7) is 0.419. The number of halogens is 1. The Labute approximate surface area is 140 Å². The number of amides is 1. The summed E-state index contributed by atoms with van der Waals surface area (Å²) < 4.78 is 6.41. The summed E-state index contributed by atoms with van der Waals surface area (Å²) in [7, 11) is 1.67. The molecule has 2 rings (SSSR count). The smallest absolute Gasteiger partial charge is 0.277 e. The van der Waals surface area contributed by atoms with Crippen LogP contribution in [0.25, 0.3) is 11.5 Å². The Morgan fingerprint density at radius 1 is 1.45 bits per heavy atom. The van der Waals surface area contributed by atoms with Gasteiger partial charge in [-0.15, -0.1) is 10.2 Å². The van der Waals surface area contributed by atoms with Crippen LogP contribution in [0.5, 0.6) is 0 Å². The van der Waals surface area contributed by atoms with Gasteiger partial charge in [0, 0.05) is 18.1 Å². The fourth-order valence-corrected chi connectivity index (χ4v) is 2.75. The minimum Gasteiger partial charge on any atom is -0.411 e. The van der Waals surface area contributed by atoms with Crippen LogP contribution in [-0.2, 0) is 4.79 Å². The van der Waals surface area contributed by atoms with Gasteiger partial charge in [-0.25, -0.2) is 0 Å². The fourth-order valence-electron chi connectivity index (χ4n) is 1.59. The number of benzene rings is 1. The minimum atomic E-state index is -0.0825. The third-order valence-electron chi connectivity index (χ3n) is 2.81. The third-order valence-corrected chi connectivity index (χ3v) is 4.31. The maximum atomic E-state index is 11.9. The predicted octanol–water partition coefficient (Wildman–Crippen LogP) is 2.96. The van der Waals surface area contributed by atoms with Crippen LogP contribution in [-0.4, -0.2) is 40.3 Å². The minimum absolute atomic E-state index is 0.0825. The average Bonchev–Trinajstić information content (AvgIpc) is 2.99. The molecule has 2 aromatic rings. The van der Waals surface area contributed by atoms with Crippen molar-refractivity contribution in [3.8, 4) is 17.5 Å². The van der Waals surface area contributed by atoms with Crippen LogP contribution in [0.2, 0.25) is 0 Å². The van der Waals surface area contributed by atoms with Gasteiger partial charge >= 0.3 is 0 Å². The quantitative estimate of drug-likeness (QED) is 0.716. The molecule has 114 valence electrons. The molecule has 8 heteroatoms. The zero-order valence-electron chi connectivity index (χ0n) is 11.8. The van der Waals surface area contributed by atoms with Gasteiger partial charge in [0.2, 0.25) is 11.8 Å². The molecule has 1 amide bonds. The zero-order chi connectivity index (χ0) is 15.9. The highest BCUT2D eigenvalue weighted by Crippen LogP contribution is 2.28. The normalized spacial score (nSPS) is 10.2. The molecule has 1 heterocycles. The average molecular weight is 381 g/mol. The van der Waals surface area contributed by atoms with E-state index in [1.165, 1.54) is 16.7 Å². The highest BCUT2D eigenvalue weighted by atomic mass is 79.9. The van der Waals surface area contributed by atoms with Crippen molar-refractivity contribution in [2.45, 2.75) is 11.6 Å². The molecule has 22 heavy (non-hydrogen) atoms. The predicted molar refractivity (Wildman–Crippen MR) is 86.0 cm³/mol. The Morgan fingerprint density at radius 2 is 2.23 bits per heavy atom. The largest absolute Gasteiger partial charge is 0.411 e. The number of aromatic nitrogens is 2. The zero-order valence-corrected chi connectivity index (χ0v) is 14.2. The van der Waals surface area contributed by atoms with E-state index in [-0.39, 0.29) is 11.7 Å². The molecule has 0 aliphatic rings. The van der Waals surface area contributed by atoms with Gasteiger partial charge in [-0.05, 0) is 28.1 Å². The Hall–Kier alpha value is -1.85. The van der Waals surface area contributed by atoms with E-state index in [1.54, 1.807) is 7.05 Å². The van der Waals surface area contributed by atoms with Crippen molar-refractivity contribution in [2.24, 2.45) is 0 Å². The Morgan fingerprint density at radius 3 is 2.95 bits per heavy atom. The van der Waals surface area contributed by atoms with Crippen LogP contribution in [0.4, 0.5) is 0 Å². The van der Waals surface area contributed by atoms with Crippen LogP contribution in [0.15, 0.2) is 38.4 Å². The number of nitriles is 1. The Bertz CT molecular complexity index is 698. The number of hydrogen-bond acceptors (Lipinski definition) is 6. The molecule has 0 aliphatic carbocycles. The molecule has 0 spiro atoms. The van der Waals surface area contributed by atoms with Crippen LogP contribution in [0.1, 0.15) is 6.42 Å². The van der Waals surface area contributed by atoms with Crippen LogP contribution < -0.4 is 0 Å². The highest BCUT2D eigenvalue weighted by molar-refractivity contribution is 9.10. The summed E-state index contributed by atoms with van der Waals surface area (Å²) in [6.07, 6.45) is 0.319. The van der Waals surface area contributed by atoms with Crippen molar-refractivity contribution in [2.75, 3.05) is 19.3 Å². The number of thioether (sulfide) groups is 1. The molecule has 0 fully saturated rings. The van der Waals surface area contributed by atoms with Gasteiger partial charge in [0.15, 0.2) is 0 Å². The summed E-state index contributed by atoms with van der Waals surface area (Å²) >= 11 is 4.61. The SMILES string of the molecule is CN(CCC#N)C(=O)CSc1nnc(-c2ccccc2Br)o1. The number of nitrogens with zero attached hydrogens (tertiary/aromatic N) is 4. The molecular weight excluding hydrogens is 368 g/mol. The molecule has 6 nitrogen and oxygen atoms in total. The van der Waals surface area contributed by atoms with E-state index < -0.39 is 0 Å². The summed E-state index contributed by atoms with van der Waals surface area (Å²) in [5, 5.41) is 16.8. The Balaban J connectivity index is 1.94. The van der Waals surface area contributed by atoms with Gasteiger partial charge < -0.3 is 9.32 Å². The lowest BCUT2D eigenvalue weighted by molar-refractivity contribution is -0.127. The van der Waals surface area contributed by atoms with Gasteiger partial charge in [-0.1, -0.05) is 23.9 Å². The van der Waals surface area contributed by atoms with Gasteiger partial charge in [0.1, 0.15) is 0 Å². The first-order valence-corrected chi connectivity index (χ1v) is 8.22. The number of rotatable bonds is 6. The molecule has 0 saturated carbocycles. The van der Waals surface area contributed by atoms with Crippen molar-refractivity contribution in [1.82, 2.24) is 15.1 Å². The number of carbonyl (C=O) groups excluding carboxylic acids is 1. The maximum Gasteiger partial charge on any atom is 0.277 e. The van der Waals surface area contributed by atoms with E-state index in [0.717, 1.165) is 10.0 Å². The topological polar surface area (TPSA) is 83.0 Å². The molecule has 0 N–H and O–H groups in total. The van der Waals surface area contributed by atoms with Gasteiger partial charge in [0.05, 0.1) is 23.8 Å². The lowest BCUT2D eigenvalue weighted by Crippen LogP contribution is -2.29. The number of hydrogen-bond donors (Lipinski definition) is 0. The molecule has 0 aliphatic heterocycles. The molecule has 0 radical (unpaired) electrons. The van der Waals surface area contributed by atoms with E-state index >= 15 is 0 Å². The molecule has 0 atom stereocenters. The van der Waals surface area contributed by atoms with Crippen molar-refractivity contribution < 1.29 is 9.21 Å². The van der Waals surface area contributed by atoms with Crippen molar-refractivity contribution >= 4 is 33.6 Å². The summed E-state index contributed by atoms with van der Waals surface area (Å²) in [4.78, 5) is 13.4. The lowest BCUT2D eigenvalue weighted by Gasteiger charge is -2.13. The second-order valence-electron chi connectivity index (χ2n) is 4.37. The molecule has 0 bridgehead atoms. The Kier molecular flexibility index (Phi) is 5.98. The van der Waals surface area contributed by atoms with Crippen LogP contribution in [0, 0.1) is 11.3 Å². The van der Waals surface area contributed by atoms with Gasteiger partial charge in [0.25, 0.3) is 5.22 Å². The first-order valence-electron chi connectivity index (χ1n) is 6.44. The van der Waals surface area contributed by atoms with Crippen LogP contribution in [0.3, 0.4) is 0 Å². The van der Waals surface area contributed by atoms with E-state index in [0.29, 0.717) is 24.1 Å². The van der Waals surface area contributed by atoms with Crippen molar-refractivity contribution in [3.05, 3.63) is 28.7 Å². The molecular formula is C14H13BrN4O2S. The van der Waals surface area contributed by atoms with E-state index in [1.807, 2.05) is 30.3 Å². The standard InChI is InChI=1S/C14H13BrN4O2S/c1-19(8-4-7-16)12(20)9-22-14-18-17-13(21-14)10-5-2-3-6-11(10)15/h2-3,5-6H,4,8-9H2,1H3. The van der Waals surface area contributed by atoms with Gasteiger partial charge in [-0.2, -0.15) is 5.26 Å². The fraction of sp³-hybridized carbons (Fsp3) is 0.286. The summed E-state index contributed by atoms with van der Waals surface area (Å²) in [6, 6.07) is 9.54. The van der Waals surface area contributed by atoms with E-state index in [4.69, 9.17) is 9.68 Å². The molecule has 0 unspecified atom stereocenters. The molecule has 1 aromatic heterocycles. The molecule has 0 saturated heterocycles. The maximum absolute atomic E-state index is 11.9. The van der Waals surface area contributed by atoms with Crippen LogP contribution >= 0.6 is 27.7 Å². The van der Waals surface area contributed by atoms with E-state index in [9.17, 15) is 4.79 Å². The third kappa shape index (κ3) is 4.32. The van der Waals surface area contributed by atoms with Crippen molar-refractivity contribution in [3.63, 3.8) is 0 Å².